The van der Waals surface area contributed by atoms with Crippen molar-refractivity contribution < 1.29 is 0 Å². The summed E-state index contributed by atoms with van der Waals surface area (Å²) in [5.41, 5.74) is 0. The minimum atomic E-state index is 0.202. The van der Waals surface area contributed by atoms with Gasteiger partial charge in [-0.2, -0.15) is 15.0 Å². The van der Waals surface area contributed by atoms with Crippen LogP contribution >= 0.6 is 22.9 Å². The van der Waals surface area contributed by atoms with E-state index in [0.717, 1.165) is 12.8 Å². The molecule has 0 spiro atoms. The fraction of sp³-hybridized carbons (Fsp3) is 0.462. The third-order valence-electron chi connectivity index (χ3n) is 2.76. The fourth-order valence-electron chi connectivity index (χ4n) is 1.82. The van der Waals surface area contributed by atoms with Gasteiger partial charge in [-0.15, -0.1) is 11.3 Å². The van der Waals surface area contributed by atoms with Crippen LogP contribution in [0.3, 0.4) is 0 Å². The van der Waals surface area contributed by atoms with Gasteiger partial charge >= 0.3 is 0 Å². The van der Waals surface area contributed by atoms with E-state index in [-0.39, 0.29) is 11.3 Å². The fourth-order valence-corrected chi connectivity index (χ4v) is 2.79. The summed E-state index contributed by atoms with van der Waals surface area (Å²) in [6, 6.07) is 4.37. The Kier molecular flexibility index (Phi) is 5.14. The first-order chi connectivity index (χ1) is 9.60. The van der Waals surface area contributed by atoms with E-state index in [1.165, 1.54) is 4.88 Å². The predicted octanol–water partition coefficient (Wildman–Crippen LogP) is 3.61. The molecule has 2 heterocycles. The highest BCUT2D eigenvalue weighted by Gasteiger charge is 2.14. The Morgan fingerprint density at radius 2 is 2.15 bits per heavy atom. The Morgan fingerprint density at radius 1 is 1.35 bits per heavy atom. The van der Waals surface area contributed by atoms with Crippen LogP contribution in [0.5, 0.6) is 0 Å². The molecule has 2 aromatic heterocycles. The molecule has 108 valence electrons. The van der Waals surface area contributed by atoms with Crippen LogP contribution in [0.1, 0.15) is 30.7 Å². The molecule has 2 aromatic rings. The third kappa shape index (κ3) is 3.80. The molecule has 7 heteroatoms. The summed E-state index contributed by atoms with van der Waals surface area (Å²) in [5, 5.41) is 5.63. The van der Waals surface area contributed by atoms with Gasteiger partial charge in [0.2, 0.25) is 17.2 Å². The van der Waals surface area contributed by atoms with Gasteiger partial charge in [-0.3, -0.25) is 0 Å². The maximum atomic E-state index is 5.95. The van der Waals surface area contributed by atoms with E-state index in [1.54, 1.807) is 16.2 Å². The standard InChI is InChI=1S/C13H18ClN5S/c1-4-6-9(10-7-5-8-20-10)15-12-16-11(14)17-13(18-12)19(2)3/h5,7-9H,4,6H2,1-3H3,(H,15,16,17,18). The van der Waals surface area contributed by atoms with Crippen LogP contribution in [-0.2, 0) is 0 Å². The van der Waals surface area contributed by atoms with Crippen LogP contribution in [-0.4, -0.2) is 29.0 Å². The zero-order valence-electron chi connectivity index (χ0n) is 11.8. The van der Waals surface area contributed by atoms with Crippen LogP contribution < -0.4 is 10.2 Å². The molecule has 0 bridgehead atoms. The van der Waals surface area contributed by atoms with Crippen molar-refractivity contribution in [3.63, 3.8) is 0 Å². The van der Waals surface area contributed by atoms with Gasteiger partial charge in [-0.1, -0.05) is 19.4 Å². The number of halogens is 1. The molecule has 0 fully saturated rings. The molecule has 2 rings (SSSR count). The predicted molar refractivity (Wildman–Crippen MR) is 84.8 cm³/mol. The van der Waals surface area contributed by atoms with Crippen LogP contribution in [0.25, 0.3) is 0 Å². The van der Waals surface area contributed by atoms with E-state index >= 15 is 0 Å². The van der Waals surface area contributed by atoms with E-state index < -0.39 is 0 Å². The summed E-state index contributed by atoms with van der Waals surface area (Å²) in [6.07, 6.45) is 2.09. The second-order valence-electron chi connectivity index (χ2n) is 4.62. The normalized spacial score (nSPS) is 12.2. The molecule has 0 saturated carbocycles. The Morgan fingerprint density at radius 3 is 2.75 bits per heavy atom. The van der Waals surface area contributed by atoms with E-state index in [9.17, 15) is 0 Å². The van der Waals surface area contributed by atoms with Crippen molar-refractivity contribution in [3.05, 3.63) is 27.7 Å². The van der Waals surface area contributed by atoms with Crippen molar-refractivity contribution in [1.82, 2.24) is 15.0 Å². The van der Waals surface area contributed by atoms with Gasteiger partial charge in [-0.05, 0) is 29.5 Å². The first-order valence-electron chi connectivity index (χ1n) is 6.49. The van der Waals surface area contributed by atoms with Crippen LogP contribution in [0.15, 0.2) is 17.5 Å². The molecular weight excluding hydrogens is 294 g/mol. The minimum absolute atomic E-state index is 0.202. The molecule has 0 radical (unpaired) electrons. The number of hydrogen-bond acceptors (Lipinski definition) is 6. The highest BCUT2D eigenvalue weighted by Crippen LogP contribution is 2.26. The highest BCUT2D eigenvalue weighted by atomic mass is 35.5. The van der Waals surface area contributed by atoms with E-state index in [1.807, 2.05) is 14.1 Å². The topological polar surface area (TPSA) is 53.9 Å². The Balaban J connectivity index is 2.22. The first-order valence-corrected chi connectivity index (χ1v) is 7.74. The van der Waals surface area contributed by atoms with Crippen molar-refractivity contribution in [2.75, 3.05) is 24.3 Å². The lowest BCUT2D eigenvalue weighted by molar-refractivity contribution is 0.679. The quantitative estimate of drug-likeness (QED) is 0.883. The number of rotatable bonds is 6. The lowest BCUT2D eigenvalue weighted by atomic mass is 10.1. The first kappa shape index (κ1) is 15.0. The number of anilines is 2. The molecule has 20 heavy (non-hydrogen) atoms. The highest BCUT2D eigenvalue weighted by molar-refractivity contribution is 7.10. The largest absolute Gasteiger partial charge is 0.347 e. The molecule has 0 amide bonds. The lowest BCUT2D eigenvalue weighted by Crippen LogP contribution is -2.17. The summed E-state index contributed by atoms with van der Waals surface area (Å²) in [7, 11) is 3.75. The Hall–Kier alpha value is -1.40. The number of nitrogens with zero attached hydrogens (tertiary/aromatic N) is 4. The molecule has 0 saturated heterocycles. The lowest BCUT2D eigenvalue weighted by Gasteiger charge is -2.18. The zero-order chi connectivity index (χ0) is 14.5. The summed E-state index contributed by atoms with van der Waals surface area (Å²) in [5.74, 6) is 1.06. The molecule has 1 unspecified atom stereocenters. The molecule has 5 nitrogen and oxygen atoms in total. The second-order valence-corrected chi connectivity index (χ2v) is 5.94. The molecule has 1 N–H and O–H groups in total. The van der Waals surface area contributed by atoms with Crippen molar-refractivity contribution in [3.8, 4) is 0 Å². The average Bonchev–Trinajstić information content (AvgIpc) is 2.91. The molecular formula is C13H18ClN5S. The average molecular weight is 312 g/mol. The van der Waals surface area contributed by atoms with Gasteiger partial charge in [0.1, 0.15) is 0 Å². The number of nitrogens with one attached hydrogen (secondary N) is 1. The van der Waals surface area contributed by atoms with Crippen molar-refractivity contribution >= 4 is 34.8 Å². The number of aromatic nitrogens is 3. The Bertz CT molecular complexity index is 544. The van der Waals surface area contributed by atoms with E-state index in [4.69, 9.17) is 11.6 Å². The third-order valence-corrected chi connectivity index (χ3v) is 3.92. The van der Waals surface area contributed by atoms with Gasteiger partial charge in [0, 0.05) is 19.0 Å². The number of thiophene rings is 1. The van der Waals surface area contributed by atoms with Gasteiger partial charge in [0.05, 0.1) is 6.04 Å². The summed E-state index contributed by atoms with van der Waals surface area (Å²) in [6.45, 7) is 2.16. The van der Waals surface area contributed by atoms with Crippen LogP contribution in [0, 0.1) is 0 Å². The zero-order valence-corrected chi connectivity index (χ0v) is 13.4. The summed E-state index contributed by atoms with van der Waals surface area (Å²) >= 11 is 7.68. The van der Waals surface area contributed by atoms with Crippen molar-refractivity contribution in [2.45, 2.75) is 25.8 Å². The summed E-state index contributed by atoms with van der Waals surface area (Å²) < 4.78 is 0. The SMILES string of the molecule is CCCC(Nc1nc(Cl)nc(N(C)C)n1)c1cccs1. The molecule has 1 atom stereocenters. The molecule has 0 aliphatic heterocycles. The molecule has 0 aromatic carbocycles. The molecule has 0 aliphatic carbocycles. The van der Waals surface area contributed by atoms with Gasteiger partial charge < -0.3 is 10.2 Å². The number of hydrogen-bond donors (Lipinski definition) is 1. The van der Waals surface area contributed by atoms with Crippen molar-refractivity contribution in [1.29, 1.82) is 0 Å². The maximum Gasteiger partial charge on any atom is 0.230 e. The maximum absolute atomic E-state index is 5.95. The molecule has 0 aliphatic rings. The monoisotopic (exact) mass is 311 g/mol. The van der Waals surface area contributed by atoms with Crippen LogP contribution in [0.4, 0.5) is 11.9 Å². The van der Waals surface area contributed by atoms with Crippen molar-refractivity contribution in [2.24, 2.45) is 0 Å². The smallest absolute Gasteiger partial charge is 0.230 e. The Labute approximate surface area is 128 Å². The van der Waals surface area contributed by atoms with Crippen LogP contribution in [0.2, 0.25) is 5.28 Å². The summed E-state index contributed by atoms with van der Waals surface area (Å²) in [4.78, 5) is 15.7. The van der Waals surface area contributed by atoms with Gasteiger partial charge in [0.25, 0.3) is 0 Å². The van der Waals surface area contributed by atoms with E-state index in [0.29, 0.717) is 11.9 Å². The minimum Gasteiger partial charge on any atom is -0.347 e. The van der Waals surface area contributed by atoms with Gasteiger partial charge in [-0.25, -0.2) is 0 Å². The van der Waals surface area contributed by atoms with E-state index in [2.05, 4.69) is 44.7 Å². The second kappa shape index (κ2) is 6.85. The van der Waals surface area contributed by atoms with Gasteiger partial charge in [0.15, 0.2) is 0 Å².